The smallest absolute Gasteiger partial charge is 0.321 e. The van der Waals surface area contributed by atoms with E-state index in [1.54, 1.807) is 53.4 Å². The van der Waals surface area contributed by atoms with Crippen molar-refractivity contribution < 1.29 is 14.4 Å². The number of hydrogen-bond donors (Lipinski definition) is 1. The SMILES string of the molecule is CC(=O)c1cccc(NC(=O)N2CCCC(C(=O)c3ccc(Cl)cc3)C2)c1. The number of amides is 2. The van der Waals surface area contributed by atoms with E-state index in [1.807, 2.05) is 0 Å². The zero-order valence-corrected chi connectivity index (χ0v) is 15.8. The van der Waals surface area contributed by atoms with Crippen LogP contribution in [0.3, 0.4) is 0 Å². The molecule has 1 aliphatic rings. The van der Waals surface area contributed by atoms with E-state index < -0.39 is 0 Å². The van der Waals surface area contributed by atoms with Crippen molar-refractivity contribution in [1.82, 2.24) is 4.90 Å². The van der Waals surface area contributed by atoms with Gasteiger partial charge in [-0.05, 0) is 56.2 Å². The lowest BCUT2D eigenvalue weighted by Crippen LogP contribution is -2.44. The van der Waals surface area contributed by atoms with Crippen LogP contribution in [0.4, 0.5) is 10.5 Å². The molecule has 2 amide bonds. The normalized spacial score (nSPS) is 16.7. The fourth-order valence-corrected chi connectivity index (χ4v) is 3.37. The molecule has 0 saturated carbocycles. The first-order valence-corrected chi connectivity index (χ1v) is 9.28. The number of carbonyl (C=O) groups is 3. The van der Waals surface area contributed by atoms with E-state index >= 15 is 0 Å². The Kier molecular flexibility index (Phi) is 5.91. The van der Waals surface area contributed by atoms with Gasteiger partial charge in [-0.15, -0.1) is 0 Å². The number of hydrogen-bond acceptors (Lipinski definition) is 3. The van der Waals surface area contributed by atoms with Gasteiger partial charge in [0.25, 0.3) is 0 Å². The summed E-state index contributed by atoms with van der Waals surface area (Å²) in [5.74, 6) is -0.255. The second kappa shape index (κ2) is 8.35. The second-order valence-electron chi connectivity index (χ2n) is 6.72. The molecular formula is C21H21ClN2O3. The van der Waals surface area contributed by atoms with Gasteiger partial charge < -0.3 is 10.2 Å². The molecule has 0 spiro atoms. The Morgan fingerprint density at radius 3 is 2.52 bits per heavy atom. The van der Waals surface area contributed by atoms with Crippen LogP contribution in [-0.2, 0) is 0 Å². The number of halogens is 1. The molecule has 2 aromatic carbocycles. The van der Waals surface area contributed by atoms with Gasteiger partial charge in [0.2, 0.25) is 0 Å². The van der Waals surface area contributed by atoms with Crippen molar-refractivity contribution in [1.29, 1.82) is 0 Å². The molecule has 1 unspecified atom stereocenters. The van der Waals surface area contributed by atoms with Crippen molar-refractivity contribution in [2.75, 3.05) is 18.4 Å². The lowest BCUT2D eigenvalue weighted by molar-refractivity contribution is 0.0851. The van der Waals surface area contributed by atoms with Gasteiger partial charge in [-0.2, -0.15) is 0 Å². The Hall–Kier alpha value is -2.66. The van der Waals surface area contributed by atoms with Crippen molar-refractivity contribution in [2.45, 2.75) is 19.8 Å². The van der Waals surface area contributed by atoms with Crippen LogP contribution in [0.5, 0.6) is 0 Å². The molecule has 3 rings (SSSR count). The Labute approximate surface area is 163 Å². The summed E-state index contributed by atoms with van der Waals surface area (Å²) in [7, 11) is 0. The summed E-state index contributed by atoms with van der Waals surface area (Å²) in [6.45, 7) is 2.46. The third-order valence-electron chi connectivity index (χ3n) is 4.73. The van der Waals surface area contributed by atoms with Crippen molar-refractivity contribution in [3.8, 4) is 0 Å². The number of urea groups is 1. The fourth-order valence-electron chi connectivity index (χ4n) is 3.24. The minimum Gasteiger partial charge on any atom is -0.324 e. The molecule has 27 heavy (non-hydrogen) atoms. The molecule has 0 aromatic heterocycles. The first kappa shape index (κ1) is 19.1. The monoisotopic (exact) mass is 384 g/mol. The highest BCUT2D eigenvalue weighted by molar-refractivity contribution is 6.30. The predicted octanol–water partition coefficient (Wildman–Crippen LogP) is 4.67. The topological polar surface area (TPSA) is 66.5 Å². The largest absolute Gasteiger partial charge is 0.324 e. The van der Waals surface area contributed by atoms with Crippen LogP contribution >= 0.6 is 11.6 Å². The first-order valence-electron chi connectivity index (χ1n) is 8.91. The highest BCUT2D eigenvalue weighted by Gasteiger charge is 2.29. The van der Waals surface area contributed by atoms with Gasteiger partial charge in [0, 0.05) is 40.8 Å². The minimum atomic E-state index is -0.260. The van der Waals surface area contributed by atoms with Crippen molar-refractivity contribution in [3.05, 3.63) is 64.7 Å². The molecule has 5 nitrogen and oxygen atoms in total. The second-order valence-corrected chi connectivity index (χ2v) is 7.16. The van der Waals surface area contributed by atoms with E-state index in [9.17, 15) is 14.4 Å². The molecule has 0 radical (unpaired) electrons. The van der Waals surface area contributed by atoms with E-state index in [0.29, 0.717) is 34.9 Å². The van der Waals surface area contributed by atoms with Crippen LogP contribution in [0.25, 0.3) is 0 Å². The van der Waals surface area contributed by atoms with Gasteiger partial charge in [-0.3, -0.25) is 9.59 Å². The zero-order valence-electron chi connectivity index (χ0n) is 15.1. The van der Waals surface area contributed by atoms with Crippen LogP contribution in [0.15, 0.2) is 48.5 Å². The number of nitrogens with zero attached hydrogens (tertiary/aromatic N) is 1. The number of Topliss-reactive ketones (excluding diaryl/α,β-unsaturated/α-hetero) is 2. The van der Waals surface area contributed by atoms with Gasteiger partial charge in [0.15, 0.2) is 11.6 Å². The Morgan fingerprint density at radius 2 is 1.81 bits per heavy atom. The molecule has 1 fully saturated rings. The molecule has 6 heteroatoms. The maximum absolute atomic E-state index is 12.7. The van der Waals surface area contributed by atoms with Crippen molar-refractivity contribution in [3.63, 3.8) is 0 Å². The number of nitrogens with one attached hydrogen (secondary N) is 1. The molecule has 140 valence electrons. The molecule has 0 aliphatic carbocycles. The maximum atomic E-state index is 12.7. The quantitative estimate of drug-likeness (QED) is 0.779. The average molecular weight is 385 g/mol. The van der Waals surface area contributed by atoms with Crippen molar-refractivity contribution >= 4 is 34.9 Å². The Balaban J connectivity index is 1.66. The third kappa shape index (κ3) is 4.74. The summed E-state index contributed by atoms with van der Waals surface area (Å²) in [6, 6.07) is 13.4. The maximum Gasteiger partial charge on any atom is 0.321 e. The predicted molar refractivity (Wildman–Crippen MR) is 106 cm³/mol. The van der Waals surface area contributed by atoms with Crippen LogP contribution in [-0.4, -0.2) is 35.6 Å². The third-order valence-corrected chi connectivity index (χ3v) is 4.98. The standard InChI is InChI=1S/C21H21ClN2O3/c1-14(25)16-4-2-6-19(12-16)23-21(27)24-11-3-5-17(13-24)20(26)15-7-9-18(22)10-8-15/h2,4,6-10,12,17H,3,5,11,13H2,1H3,(H,23,27). The van der Waals surface area contributed by atoms with Gasteiger partial charge in [-0.25, -0.2) is 4.79 Å². The summed E-state index contributed by atoms with van der Waals surface area (Å²) >= 11 is 5.88. The number of benzene rings is 2. The summed E-state index contributed by atoms with van der Waals surface area (Å²) in [6.07, 6.45) is 1.52. The summed E-state index contributed by atoms with van der Waals surface area (Å²) in [5, 5.41) is 3.41. The number of anilines is 1. The Morgan fingerprint density at radius 1 is 1.07 bits per heavy atom. The Bertz CT molecular complexity index is 864. The number of piperidine rings is 1. The van der Waals surface area contributed by atoms with E-state index in [4.69, 9.17) is 11.6 Å². The first-order chi connectivity index (χ1) is 12.9. The highest BCUT2D eigenvalue weighted by atomic mass is 35.5. The summed E-state index contributed by atoms with van der Waals surface area (Å²) in [5.41, 5.74) is 1.72. The van der Waals surface area contributed by atoms with Crippen LogP contribution < -0.4 is 5.32 Å². The van der Waals surface area contributed by atoms with E-state index in [1.165, 1.54) is 6.92 Å². The summed E-state index contributed by atoms with van der Waals surface area (Å²) < 4.78 is 0. The van der Waals surface area contributed by atoms with Gasteiger partial charge in [0.05, 0.1) is 0 Å². The fraction of sp³-hybridized carbons (Fsp3) is 0.286. The molecule has 0 bridgehead atoms. The molecule has 2 aromatic rings. The molecule has 1 heterocycles. The summed E-state index contributed by atoms with van der Waals surface area (Å²) in [4.78, 5) is 38.5. The lowest BCUT2D eigenvalue weighted by atomic mass is 9.90. The number of carbonyl (C=O) groups excluding carboxylic acids is 3. The number of likely N-dealkylation sites (tertiary alicyclic amines) is 1. The van der Waals surface area contributed by atoms with E-state index in [2.05, 4.69) is 5.32 Å². The zero-order chi connectivity index (χ0) is 19.4. The van der Waals surface area contributed by atoms with Crippen LogP contribution in [0.2, 0.25) is 5.02 Å². The van der Waals surface area contributed by atoms with E-state index in [-0.39, 0.29) is 23.5 Å². The molecular weight excluding hydrogens is 364 g/mol. The highest BCUT2D eigenvalue weighted by Crippen LogP contribution is 2.23. The molecule has 1 atom stereocenters. The van der Waals surface area contributed by atoms with Gasteiger partial charge in [-0.1, -0.05) is 23.7 Å². The molecule has 1 N–H and O–H groups in total. The molecule has 1 saturated heterocycles. The van der Waals surface area contributed by atoms with Crippen LogP contribution in [0.1, 0.15) is 40.5 Å². The average Bonchev–Trinajstić information content (AvgIpc) is 2.68. The number of ketones is 2. The minimum absolute atomic E-state index is 0.0303. The number of rotatable bonds is 4. The lowest BCUT2D eigenvalue weighted by Gasteiger charge is -2.32. The van der Waals surface area contributed by atoms with Gasteiger partial charge >= 0.3 is 6.03 Å². The van der Waals surface area contributed by atoms with Crippen molar-refractivity contribution in [2.24, 2.45) is 5.92 Å². The van der Waals surface area contributed by atoms with E-state index in [0.717, 1.165) is 12.8 Å². The molecule has 1 aliphatic heterocycles. The van der Waals surface area contributed by atoms with Crippen LogP contribution in [0, 0.1) is 5.92 Å². The van der Waals surface area contributed by atoms with Gasteiger partial charge in [0.1, 0.15) is 0 Å².